The fourth-order valence-corrected chi connectivity index (χ4v) is 1.71. The third-order valence-corrected chi connectivity index (χ3v) is 2.72. The minimum Gasteiger partial charge on any atom is -0.357 e. The molecular formula is C15H24FIN4O. The first-order valence-corrected chi connectivity index (χ1v) is 7.13. The molecule has 0 spiro atoms. The van der Waals surface area contributed by atoms with Crippen LogP contribution in [-0.2, 0) is 11.2 Å². The van der Waals surface area contributed by atoms with E-state index >= 15 is 0 Å². The molecule has 0 aliphatic heterocycles. The number of hydrogen-bond donors (Lipinski definition) is 3. The van der Waals surface area contributed by atoms with Crippen LogP contribution in [0.3, 0.4) is 0 Å². The highest BCUT2D eigenvalue weighted by Gasteiger charge is 1.98. The number of rotatable bonds is 7. The Morgan fingerprint density at radius 2 is 1.77 bits per heavy atom. The van der Waals surface area contributed by atoms with Crippen molar-refractivity contribution in [2.75, 3.05) is 26.2 Å². The van der Waals surface area contributed by atoms with Crippen LogP contribution in [0.4, 0.5) is 4.39 Å². The van der Waals surface area contributed by atoms with E-state index in [2.05, 4.69) is 20.9 Å². The van der Waals surface area contributed by atoms with E-state index in [1.54, 1.807) is 12.1 Å². The van der Waals surface area contributed by atoms with Gasteiger partial charge >= 0.3 is 0 Å². The first kappa shape index (κ1) is 20.6. The van der Waals surface area contributed by atoms with Crippen molar-refractivity contribution in [1.82, 2.24) is 16.0 Å². The van der Waals surface area contributed by atoms with E-state index in [-0.39, 0.29) is 35.7 Å². The van der Waals surface area contributed by atoms with Crippen LogP contribution >= 0.6 is 24.0 Å². The number of nitrogens with one attached hydrogen (secondary N) is 3. The number of amides is 1. The zero-order chi connectivity index (χ0) is 15.5. The largest absolute Gasteiger partial charge is 0.357 e. The Hall–Kier alpha value is -1.38. The molecule has 0 heterocycles. The first-order valence-electron chi connectivity index (χ1n) is 7.13. The van der Waals surface area contributed by atoms with Gasteiger partial charge in [-0.15, -0.1) is 24.0 Å². The molecule has 0 fully saturated rings. The fourth-order valence-electron chi connectivity index (χ4n) is 1.71. The molecule has 0 atom stereocenters. The summed E-state index contributed by atoms with van der Waals surface area (Å²) in [5, 5.41) is 8.98. The van der Waals surface area contributed by atoms with Crippen LogP contribution in [0.15, 0.2) is 29.3 Å². The summed E-state index contributed by atoms with van der Waals surface area (Å²) >= 11 is 0. The number of nitrogens with zero attached hydrogens (tertiary/aromatic N) is 1. The summed E-state index contributed by atoms with van der Waals surface area (Å²) in [5.74, 6) is 0.440. The van der Waals surface area contributed by atoms with Crippen molar-refractivity contribution in [1.29, 1.82) is 0 Å². The molecule has 7 heteroatoms. The van der Waals surface area contributed by atoms with Crippen molar-refractivity contribution in [2.24, 2.45) is 4.99 Å². The van der Waals surface area contributed by atoms with Gasteiger partial charge in [0, 0.05) is 33.1 Å². The Morgan fingerprint density at radius 3 is 2.36 bits per heavy atom. The van der Waals surface area contributed by atoms with Crippen LogP contribution in [0.5, 0.6) is 0 Å². The van der Waals surface area contributed by atoms with Gasteiger partial charge in [0.15, 0.2) is 5.96 Å². The molecular weight excluding hydrogens is 398 g/mol. The van der Waals surface area contributed by atoms with Gasteiger partial charge in [-0.2, -0.15) is 0 Å². The van der Waals surface area contributed by atoms with Crippen LogP contribution in [0, 0.1) is 5.82 Å². The molecule has 0 unspecified atom stereocenters. The summed E-state index contributed by atoms with van der Waals surface area (Å²) in [4.78, 5) is 15.2. The third-order valence-electron chi connectivity index (χ3n) is 2.72. The zero-order valence-electron chi connectivity index (χ0n) is 13.0. The van der Waals surface area contributed by atoms with E-state index in [0.29, 0.717) is 25.6 Å². The van der Waals surface area contributed by atoms with Gasteiger partial charge in [0.2, 0.25) is 5.91 Å². The molecule has 0 bridgehead atoms. The van der Waals surface area contributed by atoms with Gasteiger partial charge in [0.1, 0.15) is 5.82 Å². The van der Waals surface area contributed by atoms with Crippen LogP contribution in [0.2, 0.25) is 0 Å². The number of halogens is 2. The molecule has 5 nitrogen and oxygen atoms in total. The van der Waals surface area contributed by atoms with E-state index in [9.17, 15) is 9.18 Å². The minimum atomic E-state index is -0.227. The summed E-state index contributed by atoms with van der Waals surface area (Å²) < 4.78 is 12.8. The second-order valence-electron chi connectivity index (χ2n) is 4.55. The lowest BCUT2D eigenvalue weighted by molar-refractivity contribution is -0.118. The van der Waals surface area contributed by atoms with Crippen LogP contribution in [0.1, 0.15) is 19.4 Å². The van der Waals surface area contributed by atoms with E-state index in [1.165, 1.54) is 19.1 Å². The van der Waals surface area contributed by atoms with Crippen molar-refractivity contribution in [3.63, 3.8) is 0 Å². The molecule has 1 aromatic carbocycles. The molecule has 0 aromatic heterocycles. The predicted octanol–water partition coefficient (Wildman–Crippen LogP) is 1.68. The van der Waals surface area contributed by atoms with E-state index in [4.69, 9.17) is 0 Å². The van der Waals surface area contributed by atoms with Gasteiger partial charge < -0.3 is 16.0 Å². The lowest BCUT2D eigenvalue weighted by atomic mass is 10.1. The molecule has 3 N–H and O–H groups in total. The molecule has 1 rings (SSSR count). The summed E-state index contributed by atoms with van der Waals surface area (Å²) in [6.45, 7) is 6.02. The maximum Gasteiger partial charge on any atom is 0.216 e. The molecule has 0 aliphatic carbocycles. The number of carbonyl (C=O) groups is 1. The molecule has 0 saturated heterocycles. The average Bonchev–Trinajstić information content (AvgIpc) is 2.45. The zero-order valence-corrected chi connectivity index (χ0v) is 15.3. The van der Waals surface area contributed by atoms with Gasteiger partial charge in [-0.1, -0.05) is 12.1 Å². The smallest absolute Gasteiger partial charge is 0.216 e. The quantitative estimate of drug-likeness (QED) is 0.271. The maximum absolute atomic E-state index is 12.8. The molecule has 1 aromatic rings. The second-order valence-corrected chi connectivity index (χ2v) is 4.55. The highest BCUT2D eigenvalue weighted by atomic mass is 127. The van der Waals surface area contributed by atoms with E-state index < -0.39 is 0 Å². The van der Waals surface area contributed by atoms with Gasteiger partial charge in [-0.25, -0.2) is 4.39 Å². The van der Waals surface area contributed by atoms with Gasteiger partial charge in [0.25, 0.3) is 0 Å². The van der Waals surface area contributed by atoms with Gasteiger partial charge in [0.05, 0.1) is 0 Å². The predicted molar refractivity (Wildman–Crippen MR) is 98.2 cm³/mol. The summed E-state index contributed by atoms with van der Waals surface area (Å²) in [5.41, 5.74) is 1.05. The summed E-state index contributed by atoms with van der Waals surface area (Å²) in [6, 6.07) is 6.44. The number of hydrogen-bond acceptors (Lipinski definition) is 2. The van der Waals surface area contributed by atoms with E-state index in [0.717, 1.165) is 18.5 Å². The highest BCUT2D eigenvalue weighted by molar-refractivity contribution is 14.0. The Bertz CT molecular complexity index is 465. The van der Waals surface area contributed by atoms with E-state index in [1.807, 2.05) is 6.92 Å². The molecule has 0 aliphatic rings. The van der Waals surface area contributed by atoms with Gasteiger partial charge in [-0.05, 0) is 31.0 Å². The molecule has 0 saturated carbocycles. The SMILES string of the molecule is CCNC(=NCCc1ccc(F)cc1)NCCNC(C)=O.I. The Kier molecular flexibility index (Phi) is 11.4. The summed E-state index contributed by atoms with van der Waals surface area (Å²) in [6.07, 6.45) is 0.753. The normalized spacial score (nSPS) is 10.6. The Labute approximate surface area is 148 Å². The van der Waals surface area contributed by atoms with Crippen molar-refractivity contribution < 1.29 is 9.18 Å². The van der Waals surface area contributed by atoms with Crippen molar-refractivity contribution in [3.8, 4) is 0 Å². The van der Waals surface area contributed by atoms with Gasteiger partial charge in [-0.3, -0.25) is 9.79 Å². The second kappa shape index (κ2) is 12.2. The fraction of sp³-hybridized carbons (Fsp3) is 0.467. The Morgan fingerprint density at radius 1 is 1.14 bits per heavy atom. The molecule has 0 radical (unpaired) electrons. The first-order chi connectivity index (χ1) is 10.1. The standard InChI is InChI=1S/C15H23FN4O.HI/c1-3-17-15(20-11-10-18-12(2)21)19-9-8-13-4-6-14(16)7-5-13;/h4-7H,3,8-11H2,1-2H3,(H,18,21)(H2,17,19,20);1H. The Balaban J connectivity index is 0.00000441. The third kappa shape index (κ3) is 9.54. The lowest BCUT2D eigenvalue weighted by Crippen LogP contribution is -2.41. The van der Waals surface area contributed by atoms with Crippen LogP contribution in [-0.4, -0.2) is 38.0 Å². The monoisotopic (exact) mass is 422 g/mol. The van der Waals surface area contributed by atoms with Crippen molar-refractivity contribution >= 4 is 35.8 Å². The van der Waals surface area contributed by atoms with Crippen LogP contribution in [0.25, 0.3) is 0 Å². The minimum absolute atomic E-state index is 0. The number of guanidine groups is 1. The number of aliphatic imine (C=N–C) groups is 1. The van der Waals surface area contributed by atoms with Crippen molar-refractivity contribution in [2.45, 2.75) is 20.3 Å². The topological polar surface area (TPSA) is 65.5 Å². The maximum atomic E-state index is 12.8. The lowest BCUT2D eigenvalue weighted by Gasteiger charge is -2.11. The summed E-state index contributed by atoms with van der Waals surface area (Å²) in [7, 11) is 0. The molecule has 124 valence electrons. The average molecular weight is 422 g/mol. The van der Waals surface area contributed by atoms with Crippen LogP contribution < -0.4 is 16.0 Å². The molecule has 1 amide bonds. The number of carbonyl (C=O) groups excluding carboxylic acids is 1. The number of benzene rings is 1. The van der Waals surface area contributed by atoms with Crippen molar-refractivity contribution in [3.05, 3.63) is 35.6 Å². The highest BCUT2D eigenvalue weighted by Crippen LogP contribution is 2.03. The molecule has 22 heavy (non-hydrogen) atoms.